The number of nitrogens with zero attached hydrogens (tertiary/aromatic N) is 1. The highest BCUT2D eigenvalue weighted by molar-refractivity contribution is 5.83. The molecule has 0 aromatic carbocycles. The largest absolute Gasteiger partial charge is 0.394 e. The predicted molar refractivity (Wildman–Crippen MR) is 60.0 cm³/mol. The van der Waals surface area contributed by atoms with Crippen LogP contribution in [0.2, 0.25) is 0 Å². The average Bonchev–Trinajstić information content (AvgIpc) is 2.76. The summed E-state index contributed by atoms with van der Waals surface area (Å²) in [6.45, 7) is 3.75. The Bertz CT molecular complexity index is 261. The van der Waals surface area contributed by atoms with Gasteiger partial charge >= 0.3 is 0 Å². The van der Waals surface area contributed by atoms with Crippen molar-refractivity contribution in [2.75, 3.05) is 26.4 Å². The summed E-state index contributed by atoms with van der Waals surface area (Å²) in [7, 11) is 0. The third-order valence-corrected chi connectivity index (χ3v) is 3.92. The molecule has 1 heterocycles. The molecule has 0 spiro atoms. The lowest BCUT2D eigenvalue weighted by Crippen LogP contribution is -2.54. The molecule has 1 N–H and O–H groups in total. The van der Waals surface area contributed by atoms with Crippen molar-refractivity contribution in [3.63, 3.8) is 0 Å². The lowest BCUT2D eigenvalue weighted by molar-refractivity contribution is -0.151. The Morgan fingerprint density at radius 1 is 1.50 bits per heavy atom. The van der Waals surface area contributed by atoms with E-state index in [1.165, 1.54) is 0 Å². The van der Waals surface area contributed by atoms with E-state index in [9.17, 15) is 9.90 Å². The van der Waals surface area contributed by atoms with E-state index >= 15 is 0 Å². The van der Waals surface area contributed by atoms with E-state index in [2.05, 4.69) is 6.92 Å². The van der Waals surface area contributed by atoms with E-state index in [-0.39, 0.29) is 24.0 Å². The Hall–Kier alpha value is -0.610. The first-order chi connectivity index (χ1) is 7.67. The summed E-state index contributed by atoms with van der Waals surface area (Å²) in [5.41, 5.74) is -0.190. The Balaban J connectivity index is 2.07. The number of ether oxygens (including phenoxy) is 1. The third-order valence-electron chi connectivity index (χ3n) is 3.92. The van der Waals surface area contributed by atoms with Crippen LogP contribution in [0.15, 0.2) is 0 Å². The Morgan fingerprint density at radius 3 is 2.81 bits per heavy atom. The van der Waals surface area contributed by atoms with E-state index < -0.39 is 0 Å². The molecule has 0 radical (unpaired) electrons. The molecule has 92 valence electrons. The van der Waals surface area contributed by atoms with E-state index in [0.29, 0.717) is 19.8 Å². The molecule has 0 aromatic heterocycles. The molecule has 1 atom stereocenters. The van der Waals surface area contributed by atoms with Crippen LogP contribution in [-0.4, -0.2) is 48.3 Å². The second-order valence-electron chi connectivity index (χ2n) is 5.18. The first-order valence-electron chi connectivity index (χ1n) is 6.17. The van der Waals surface area contributed by atoms with Crippen LogP contribution < -0.4 is 0 Å². The molecule has 1 saturated carbocycles. The zero-order chi connectivity index (χ0) is 11.6. The fraction of sp³-hybridized carbons (Fsp3) is 0.917. The van der Waals surface area contributed by atoms with Crippen LogP contribution in [0, 0.1) is 5.41 Å². The molecule has 4 nitrogen and oxygen atoms in total. The van der Waals surface area contributed by atoms with E-state index in [4.69, 9.17) is 4.74 Å². The maximum Gasteiger partial charge on any atom is 0.228 e. The minimum Gasteiger partial charge on any atom is -0.394 e. The van der Waals surface area contributed by atoms with Gasteiger partial charge in [-0.25, -0.2) is 0 Å². The maximum absolute atomic E-state index is 12.5. The van der Waals surface area contributed by atoms with Gasteiger partial charge in [0.05, 0.1) is 25.9 Å². The van der Waals surface area contributed by atoms with Gasteiger partial charge in [-0.1, -0.05) is 19.8 Å². The minimum absolute atomic E-state index is 0.00181. The van der Waals surface area contributed by atoms with Crippen molar-refractivity contribution in [1.29, 1.82) is 0 Å². The summed E-state index contributed by atoms with van der Waals surface area (Å²) >= 11 is 0. The second kappa shape index (κ2) is 4.72. The summed E-state index contributed by atoms with van der Waals surface area (Å²) in [4.78, 5) is 14.3. The molecule has 1 aliphatic carbocycles. The number of rotatable bonds is 2. The zero-order valence-corrected chi connectivity index (χ0v) is 9.95. The molecule has 2 rings (SSSR count). The van der Waals surface area contributed by atoms with Gasteiger partial charge in [0, 0.05) is 12.0 Å². The molecule has 0 bridgehead atoms. The number of hydrogen-bond donors (Lipinski definition) is 1. The standard InChI is InChI=1S/C12H21NO3/c1-12(4-2-3-5-12)11(15)13-6-7-16-9-10(13)8-14/h10,14H,2-9H2,1H3. The summed E-state index contributed by atoms with van der Waals surface area (Å²) in [6, 6.07) is -0.140. The molecule has 1 amide bonds. The molecule has 16 heavy (non-hydrogen) atoms. The van der Waals surface area contributed by atoms with Gasteiger partial charge in [-0.05, 0) is 12.8 Å². The van der Waals surface area contributed by atoms with E-state index in [1.54, 1.807) is 0 Å². The highest BCUT2D eigenvalue weighted by Gasteiger charge is 2.41. The van der Waals surface area contributed by atoms with Gasteiger partial charge in [0.15, 0.2) is 0 Å². The van der Waals surface area contributed by atoms with Gasteiger partial charge in [0.1, 0.15) is 0 Å². The normalized spacial score (nSPS) is 29.4. The Morgan fingerprint density at radius 2 is 2.19 bits per heavy atom. The van der Waals surface area contributed by atoms with Gasteiger partial charge in [-0.2, -0.15) is 0 Å². The lowest BCUT2D eigenvalue weighted by atomic mass is 9.86. The van der Waals surface area contributed by atoms with Crippen molar-refractivity contribution in [2.24, 2.45) is 5.41 Å². The molecule has 4 heteroatoms. The van der Waals surface area contributed by atoms with Crippen molar-refractivity contribution >= 4 is 5.91 Å². The predicted octanol–water partition coefficient (Wildman–Crippen LogP) is 0.786. The molecule has 1 unspecified atom stereocenters. The van der Waals surface area contributed by atoms with Crippen molar-refractivity contribution in [1.82, 2.24) is 4.90 Å². The van der Waals surface area contributed by atoms with Gasteiger partial charge in [-0.15, -0.1) is 0 Å². The fourth-order valence-electron chi connectivity index (χ4n) is 2.79. The topological polar surface area (TPSA) is 49.8 Å². The third kappa shape index (κ3) is 2.09. The first-order valence-corrected chi connectivity index (χ1v) is 6.17. The minimum atomic E-state index is -0.190. The zero-order valence-electron chi connectivity index (χ0n) is 9.95. The van der Waals surface area contributed by atoms with Gasteiger partial charge in [-0.3, -0.25) is 4.79 Å². The molecule has 1 saturated heterocycles. The average molecular weight is 227 g/mol. The maximum atomic E-state index is 12.5. The number of hydrogen-bond acceptors (Lipinski definition) is 3. The summed E-state index contributed by atoms with van der Waals surface area (Å²) < 4.78 is 5.30. The van der Waals surface area contributed by atoms with E-state index in [0.717, 1.165) is 25.7 Å². The summed E-state index contributed by atoms with van der Waals surface area (Å²) in [6.07, 6.45) is 4.27. The number of aliphatic hydroxyl groups excluding tert-OH is 1. The molecule has 2 fully saturated rings. The van der Waals surface area contributed by atoms with E-state index in [1.807, 2.05) is 4.90 Å². The number of carbonyl (C=O) groups excluding carboxylic acids is 1. The molecule has 0 aromatic rings. The number of morpholine rings is 1. The highest BCUT2D eigenvalue weighted by Crippen LogP contribution is 2.39. The molecular formula is C12H21NO3. The Labute approximate surface area is 96.6 Å². The van der Waals surface area contributed by atoms with Crippen molar-refractivity contribution in [3.05, 3.63) is 0 Å². The lowest BCUT2D eigenvalue weighted by Gasteiger charge is -2.39. The van der Waals surface area contributed by atoms with Gasteiger partial charge in [0.25, 0.3) is 0 Å². The van der Waals surface area contributed by atoms with Gasteiger partial charge in [0.2, 0.25) is 5.91 Å². The molecular weight excluding hydrogens is 206 g/mol. The van der Waals surface area contributed by atoms with Crippen LogP contribution in [0.1, 0.15) is 32.6 Å². The first kappa shape index (κ1) is 11.9. The SMILES string of the molecule is CC1(C(=O)N2CCOCC2CO)CCCC1. The Kier molecular flexibility index (Phi) is 3.50. The van der Waals surface area contributed by atoms with Crippen LogP contribution in [0.5, 0.6) is 0 Å². The fourth-order valence-corrected chi connectivity index (χ4v) is 2.79. The number of aliphatic hydroxyl groups is 1. The molecule has 2 aliphatic rings. The van der Waals surface area contributed by atoms with Crippen molar-refractivity contribution < 1.29 is 14.6 Å². The van der Waals surface area contributed by atoms with Crippen LogP contribution >= 0.6 is 0 Å². The van der Waals surface area contributed by atoms with Crippen LogP contribution in [-0.2, 0) is 9.53 Å². The smallest absolute Gasteiger partial charge is 0.228 e. The van der Waals surface area contributed by atoms with Crippen molar-refractivity contribution in [2.45, 2.75) is 38.6 Å². The van der Waals surface area contributed by atoms with Crippen LogP contribution in [0.4, 0.5) is 0 Å². The van der Waals surface area contributed by atoms with Gasteiger partial charge < -0.3 is 14.7 Å². The second-order valence-corrected chi connectivity index (χ2v) is 5.18. The number of amides is 1. The van der Waals surface area contributed by atoms with Crippen molar-refractivity contribution in [3.8, 4) is 0 Å². The number of carbonyl (C=O) groups is 1. The van der Waals surface area contributed by atoms with Crippen LogP contribution in [0.3, 0.4) is 0 Å². The quantitative estimate of drug-likeness (QED) is 0.758. The monoisotopic (exact) mass is 227 g/mol. The summed E-state index contributed by atoms with van der Waals surface area (Å²) in [5, 5.41) is 9.26. The highest BCUT2D eigenvalue weighted by atomic mass is 16.5. The summed E-state index contributed by atoms with van der Waals surface area (Å²) in [5.74, 6) is 0.215. The molecule has 1 aliphatic heterocycles. The van der Waals surface area contributed by atoms with Crippen LogP contribution in [0.25, 0.3) is 0 Å².